The molecule has 1 aliphatic heterocycles. The molecule has 4 rings (SSSR count). The van der Waals surface area contributed by atoms with Crippen LogP contribution < -0.4 is 14.4 Å². The van der Waals surface area contributed by atoms with E-state index in [0.717, 1.165) is 0 Å². The maximum absolute atomic E-state index is 12.9. The number of aromatic nitrogens is 2. The van der Waals surface area contributed by atoms with Crippen LogP contribution in [-0.4, -0.2) is 31.1 Å². The van der Waals surface area contributed by atoms with Crippen molar-refractivity contribution in [3.63, 3.8) is 0 Å². The lowest BCUT2D eigenvalue weighted by Crippen LogP contribution is -2.38. The summed E-state index contributed by atoms with van der Waals surface area (Å²) in [6.07, 6.45) is 0. The van der Waals surface area contributed by atoms with Gasteiger partial charge in [0.2, 0.25) is 5.89 Å². The van der Waals surface area contributed by atoms with Gasteiger partial charge in [0, 0.05) is 6.92 Å². The number of amides is 1. The average Bonchev–Trinajstić information content (AvgIpc) is 3.14. The van der Waals surface area contributed by atoms with Crippen molar-refractivity contribution < 1.29 is 22.5 Å². The van der Waals surface area contributed by atoms with Crippen LogP contribution in [0.4, 0.5) is 11.4 Å². The molecule has 0 saturated heterocycles. The van der Waals surface area contributed by atoms with Crippen LogP contribution in [0.25, 0.3) is 0 Å². The number of nitrogens with zero attached hydrogens (tertiary/aromatic N) is 4. The number of aryl methyl sites for hydroxylation is 1. The Balaban J connectivity index is 1.67. The van der Waals surface area contributed by atoms with E-state index in [2.05, 4.69) is 14.9 Å². The number of benzene rings is 2. The molecule has 152 valence electrons. The van der Waals surface area contributed by atoms with Gasteiger partial charge in [-0.1, -0.05) is 11.2 Å². The molecule has 0 bridgehead atoms. The van der Waals surface area contributed by atoms with Gasteiger partial charge in [0.15, 0.2) is 12.4 Å². The topological polar surface area (TPSA) is 138 Å². The summed E-state index contributed by atoms with van der Waals surface area (Å²) in [5.41, 5.74) is 0.849. The van der Waals surface area contributed by atoms with E-state index < -0.39 is 10.0 Å². The first-order valence-corrected chi connectivity index (χ1v) is 10.2. The Hall–Kier alpha value is -3.91. The van der Waals surface area contributed by atoms with Crippen molar-refractivity contribution in [1.29, 1.82) is 5.26 Å². The van der Waals surface area contributed by atoms with Gasteiger partial charge in [-0.05, 0) is 36.4 Å². The van der Waals surface area contributed by atoms with Crippen LogP contribution in [0.2, 0.25) is 0 Å². The Labute approximate surface area is 171 Å². The quantitative estimate of drug-likeness (QED) is 0.655. The van der Waals surface area contributed by atoms with Crippen molar-refractivity contribution >= 4 is 27.3 Å². The van der Waals surface area contributed by atoms with Crippen LogP contribution >= 0.6 is 0 Å². The summed E-state index contributed by atoms with van der Waals surface area (Å²) in [7, 11) is -3.98. The molecule has 2 heterocycles. The van der Waals surface area contributed by atoms with E-state index in [4.69, 9.17) is 14.5 Å². The molecule has 1 aromatic heterocycles. The summed E-state index contributed by atoms with van der Waals surface area (Å²) in [6, 6.07) is 12.3. The van der Waals surface area contributed by atoms with E-state index in [1.54, 1.807) is 19.1 Å². The first-order chi connectivity index (χ1) is 14.4. The van der Waals surface area contributed by atoms with Crippen molar-refractivity contribution in [1.82, 2.24) is 10.1 Å². The molecular weight excluding hydrogens is 410 g/mol. The minimum absolute atomic E-state index is 0.00762. The van der Waals surface area contributed by atoms with E-state index in [1.165, 1.54) is 35.2 Å². The molecule has 0 unspecified atom stereocenters. The van der Waals surface area contributed by atoms with Gasteiger partial charge >= 0.3 is 0 Å². The molecule has 1 aliphatic rings. The van der Waals surface area contributed by atoms with Crippen LogP contribution in [-0.2, 0) is 21.4 Å². The number of rotatable bonds is 5. The van der Waals surface area contributed by atoms with E-state index in [1.807, 2.05) is 6.07 Å². The zero-order valence-electron chi connectivity index (χ0n) is 15.7. The lowest BCUT2D eigenvalue weighted by molar-refractivity contribution is -0.121. The Morgan fingerprint density at radius 3 is 2.83 bits per heavy atom. The monoisotopic (exact) mass is 425 g/mol. The van der Waals surface area contributed by atoms with Crippen molar-refractivity contribution in [2.24, 2.45) is 0 Å². The highest BCUT2D eigenvalue weighted by Gasteiger charge is 2.29. The highest BCUT2D eigenvalue weighted by atomic mass is 32.2. The normalized spacial score (nSPS) is 13.3. The van der Waals surface area contributed by atoms with Gasteiger partial charge in [-0.3, -0.25) is 14.4 Å². The predicted molar refractivity (Wildman–Crippen MR) is 104 cm³/mol. The first-order valence-electron chi connectivity index (χ1n) is 8.75. The summed E-state index contributed by atoms with van der Waals surface area (Å²) in [5.74, 6) is 0.633. The van der Waals surface area contributed by atoms with Gasteiger partial charge in [-0.25, -0.2) is 8.42 Å². The molecule has 0 spiro atoms. The minimum Gasteiger partial charge on any atom is -0.482 e. The lowest BCUT2D eigenvalue weighted by Gasteiger charge is -2.28. The fourth-order valence-corrected chi connectivity index (χ4v) is 4.00. The number of ether oxygens (including phenoxy) is 1. The van der Waals surface area contributed by atoms with Gasteiger partial charge in [0.1, 0.15) is 5.75 Å². The Morgan fingerprint density at radius 2 is 2.10 bits per heavy atom. The molecule has 30 heavy (non-hydrogen) atoms. The molecule has 0 atom stereocenters. The molecule has 1 amide bonds. The third-order valence-corrected chi connectivity index (χ3v) is 5.68. The standard InChI is InChI=1S/C19H15N5O5S/c1-12-21-18(22-29-12)10-24-16-8-15(5-6-17(16)28-11-19(24)25)30(26,27)23-14-4-2-3-13(7-14)9-20/h2-8,23H,10-11H2,1H3. The van der Waals surface area contributed by atoms with Crippen molar-refractivity contribution in [2.45, 2.75) is 18.4 Å². The third kappa shape index (κ3) is 3.81. The molecule has 10 nitrogen and oxygen atoms in total. The second-order valence-corrected chi connectivity index (χ2v) is 8.11. The Bertz CT molecular complexity index is 1280. The largest absolute Gasteiger partial charge is 0.482 e. The van der Waals surface area contributed by atoms with E-state index in [9.17, 15) is 13.2 Å². The Morgan fingerprint density at radius 1 is 1.27 bits per heavy atom. The molecule has 0 radical (unpaired) electrons. The van der Waals surface area contributed by atoms with Crippen molar-refractivity contribution in [3.05, 3.63) is 59.7 Å². The second-order valence-electron chi connectivity index (χ2n) is 6.43. The summed E-state index contributed by atoms with van der Waals surface area (Å²) >= 11 is 0. The third-order valence-electron chi connectivity index (χ3n) is 4.30. The molecule has 0 fully saturated rings. The average molecular weight is 425 g/mol. The second kappa shape index (κ2) is 7.49. The summed E-state index contributed by atoms with van der Waals surface area (Å²) in [5, 5.41) is 12.8. The number of carbonyl (C=O) groups excluding carboxylic acids is 1. The fraction of sp³-hybridized carbons (Fsp3) is 0.158. The number of sulfonamides is 1. The van der Waals surface area contributed by atoms with Crippen molar-refractivity contribution in [3.8, 4) is 11.8 Å². The van der Waals surface area contributed by atoms with Gasteiger partial charge < -0.3 is 9.26 Å². The number of anilines is 2. The van der Waals surface area contributed by atoms with Crippen LogP contribution in [0.15, 0.2) is 51.9 Å². The molecule has 2 aromatic carbocycles. The van der Waals surface area contributed by atoms with Gasteiger partial charge in [-0.2, -0.15) is 10.2 Å². The maximum Gasteiger partial charge on any atom is 0.265 e. The van der Waals surface area contributed by atoms with E-state index >= 15 is 0 Å². The molecule has 3 aromatic rings. The van der Waals surface area contributed by atoms with Crippen LogP contribution in [0.5, 0.6) is 5.75 Å². The minimum atomic E-state index is -3.98. The van der Waals surface area contributed by atoms with Crippen molar-refractivity contribution in [2.75, 3.05) is 16.2 Å². The molecule has 0 saturated carbocycles. The SMILES string of the molecule is Cc1nc(CN2C(=O)COc3ccc(S(=O)(=O)Nc4cccc(C#N)c4)cc32)no1. The van der Waals surface area contributed by atoms with Gasteiger partial charge in [0.05, 0.1) is 34.4 Å². The summed E-state index contributed by atoms with van der Waals surface area (Å²) in [6.45, 7) is 1.45. The number of carbonyl (C=O) groups is 1. The number of nitrogens with one attached hydrogen (secondary N) is 1. The maximum atomic E-state index is 12.9. The number of nitriles is 1. The number of hydrogen-bond donors (Lipinski definition) is 1. The fourth-order valence-electron chi connectivity index (χ4n) is 2.94. The zero-order valence-corrected chi connectivity index (χ0v) is 16.5. The highest BCUT2D eigenvalue weighted by Crippen LogP contribution is 2.35. The highest BCUT2D eigenvalue weighted by molar-refractivity contribution is 7.92. The molecule has 0 aliphatic carbocycles. The Kier molecular flexibility index (Phi) is 4.85. The molecular formula is C19H15N5O5S. The van der Waals surface area contributed by atoms with E-state index in [-0.39, 0.29) is 41.2 Å². The van der Waals surface area contributed by atoms with Gasteiger partial charge in [0.25, 0.3) is 15.9 Å². The first kappa shape index (κ1) is 19.4. The molecule has 11 heteroatoms. The van der Waals surface area contributed by atoms with Crippen LogP contribution in [0, 0.1) is 18.3 Å². The van der Waals surface area contributed by atoms with Gasteiger partial charge in [-0.15, -0.1) is 0 Å². The summed E-state index contributed by atoms with van der Waals surface area (Å²) in [4.78, 5) is 17.8. The smallest absolute Gasteiger partial charge is 0.265 e. The summed E-state index contributed by atoms with van der Waals surface area (Å²) < 4.78 is 38.5. The van der Waals surface area contributed by atoms with Crippen LogP contribution in [0.3, 0.4) is 0 Å². The molecule has 1 N–H and O–H groups in total. The van der Waals surface area contributed by atoms with Crippen LogP contribution in [0.1, 0.15) is 17.3 Å². The number of fused-ring (bicyclic) bond motifs is 1. The lowest BCUT2D eigenvalue weighted by atomic mass is 10.2. The zero-order chi connectivity index (χ0) is 21.3. The number of hydrogen-bond acceptors (Lipinski definition) is 8. The predicted octanol–water partition coefficient (Wildman–Crippen LogP) is 1.98. The van der Waals surface area contributed by atoms with E-state index in [0.29, 0.717) is 17.2 Å².